The van der Waals surface area contributed by atoms with E-state index in [1.165, 1.54) is 18.2 Å². The number of methoxy groups -OCH3 is 1. The van der Waals surface area contributed by atoms with Gasteiger partial charge >= 0.3 is 5.97 Å². The van der Waals surface area contributed by atoms with E-state index in [9.17, 15) is 9.59 Å². The summed E-state index contributed by atoms with van der Waals surface area (Å²) in [5, 5.41) is 5.33. The van der Waals surface area contributed by atoms with E-state index < -0.39 is 5.97 Å². The summed E-state index contributed by atoms with van der Waals surface area (Å²) < 4.78 is 12.8. The third kappa shape index (κ3) is 5.53. The zero-order valence-corrected chi connectivity index (χ0v) is 22.3. The number of aromatic nitrogens is 2. The molecule has 0 N–H and O–H groups in total. The summed E-state index contributed by atoms with van der Waals surface area (Å²) in [4.78, 5) is 29.6. The second-order valence-electron chi connectivity index (χ2n) is 8.01. The molecule has 1 aliphatic rings. The maximum Gasteiger partial charge on any atom is 0.343 e. The lowest BCUT2D eigenvalue weighted by molar-refractivity contribution is -0.142. The van der Waals surface area contributed by atoms with Crippen LogP contribution in [0, 0.1) is 0 Å². The number of hydrogen-bond acceptors (Lipinski definition) is 6. The van der Waals surface area contributed by atoms with Crippen LogP contribution in [0.5, 0.6) is 5.75 Å². The first-order chi connectivity index (χ1) is 16.4. The van der Waals surface area contributed by atoms with E-state index in [4.69, 9.17) is 21.3 Å². The van der Waals surface area contributed by atoms with E-state index in [1.807, 2.05) is 12.1 Å². The number of hydrogen-bond donors (Lipinski definition) is 0. The predicted octanol–water partition coefficient (Wildman–Crippen LogP) is 6.06. The van der Waals surface area contributed by atoms with Gasteiger partial charge in [0.1, 0.15) is 5.82 Å². The highest BCUT2D eigenvalue weighted by Gasteiger charge is 2.22. The Kier molecular flexibility index (Phi) is 8.06. The first kappa shape index (κ1) is 24.9. The van der Waals surface area contributed by atoms with Crippen LogP contribution in [0.3, 0.4) is 0 Å². The van der Waals surface area contributed by atoms with E-state index in [-0.39, 0.29) is 18.1 Å². The molecule has 4 rings (SSSR count). The summed E-state index contributed by atoms with van der Waals surface area (Å²) in [6.07, 6.45) is 6.94. The van der Waals surface area contributed by atoms with Crippen LogP contribution >= 0.6 is 43.5 Å². The molecule has 178 valence electrons. The van der Waals surface area contributed by atoms with Crippen molar-refractivity contribution >= 4 is 66.5 Å². The Morgan fingerprint density at radius 1 is 1.24 bits per heavy atom. The summed E-state index contributed by atoms with van der Waals surface area (Å²) >= 11 is 13.2. The predicted molar refractivity (Wildman–Crippen MR) is 139 cm³/mol. The zero-order chi connectivity index (χ0) is 24.2. The molecule has 34 heavy (non-hydrogen) atoms. The summed E-state index contributed by atoms with van der Waals surface area (Å²) in [6.45, 7) is -0.263. The largest absolute Gasteiger partial charge is 0.479 e. The van der Waals surface area contributed by atoms with E-state index in [1.54, 1.807) is 24.4 Å². The number of rotatable bonds is 6. The molecule has 0 radical (unpaired) electrons. The van der Waals surface area contributed by atoms with Crippen molar-refractivity contribution < 1.29 is 14.3 Å². The number of nitrogens with zero attached hydrogens (tertiary/aromatic N) is 3. The molecule has 0 unspecified atom stereocenters. The van der Waals surface area contributed by atoms with Crippen molar-refractivity contribution in [2.45, 2.75) is 38.0 Å². The lowest BCUT2D eigenvalue weighted by Gasteiger charge is -2.22. The van der Waals surface area contributed by atoms with Crippen molar-refractivity contribution in [2.75, 3.05) is 13.7 Å². The first-order valence-electron chi connectivity index (χ1n) is 10.8. The third-order valence-electron chi connectivity index (χ3n) is 5.71. The van der Waals surface area contributed by atoms with Gasteiger partial charge in [0.2, 0.25) is 0 Å². The van der Waals surface area contributed by atoms with E-state index in [2.05, 4.69) is 41.7 Å². The van der Waals surface area contributed by atoms with Crippen LogP contribution in [0.15, 0.2) is 49.2 Å². The Hall–Kier alpha value is -2.23. The maximum atomic E-state index is 13.4. The van der Waals surface area contributed by atoms with Gasteiger partial charge in [-0.05, 0) is 64.7 Å². The molecular formula is C24H22Br2ClN3O4. The minimum Gasteiger partial charge on any atom is -0.479 e. The van der Waals surface area contributed by atoms with Gasteiger partial charge < -0.3 is 9.47 Å². The van der Waals surface area contributed by atoms with Crippen molar-refractivity contribution in [3.05, 3.63) is 66.0 Å². The van der Waals surface area contributed by atoms with Gasteiger partial charge in [-0.25, -0.2) is 9.78 Å². The van der Waals surface area contributed by atoms with E-state index in [0.717, 1.165) is 30.2 Å². The lowest BCUT2D eigenvalue weighted by atomic mass is 9.88. The number of fused-ring (bicyclic) bond motifs is 1. The van der Waals surface area contributed by atoms with Crippen LogP contribution in [0.1, 0.15) is 49.4 Å². The van der Waals surface area contributed by atoms with Gasteiger partial charge in [-0.3, -0.25) is 4.79 Å². The molecular weight excluding hydrogens is 590 g/mol. The van der Waals surface area contributed by atoms with Gasteiger partial charge in [-0.1, -0.05) is 46.8 Å². The van der Waals surface area contributed by atoms with Crippen molar-refractivity contribution in [3.8, 4) is 5.75 Å². The highest BCUT2D eigenvalue weighted by atomic mass is 79.9. The fourth-order valence-electron chi connectivity index (χ4n) is 4.01. The quantitative estimate of drug-likeness (QED) is 0.250. The molecule has 1 heterocycles. The minimum atomic E-state index is -0.515. The average Bonchev–Trinajstić information content (AvgIpc) is 2.83. The van der Waals surface area contributed by atoms with Crippen LogP contribution in [-0.4, -0.2) is 35.6 Å². The van der Waals surface area contributed by atoms with Gasteiger partial charge in [-0.15, -0.1) is 0 Å². The van der Waals surface area contributed by atoms with Crippen LogP contribution < -0.4 is 10.3 Å². The summed E-state index contributed by atoms with van der Waals surface area (Å²) in [6, 6.07) is 8.90. The highest BCUT2D eigenvalue weighted by Crippen LogP contribution is 2.35. The van der Waals surface area contributed by atoms with Crippen LogP contribution in [0.4, 0.5) is 0 Å². The molecule has 1 aromatic heterocycles. The minimum absolute atomic E-state index is 0.177. The topological polar surface area (TPSA) is 82.8 Å². The van der Waals surface area contributed by atoms with E-state index >= 15 is 0 Å². The molecule has 10 heteroatoms. The van der Waals surface area contributed by atoms with Crippen molar-refractivity contribution in [1.82, 2.24) is 9.66 Å². The van der Waals surface area contributed by atoms with Crippen LogP contribution in [0.2, 0.25) is 5.02 Å². The Morgan fingerprint density at radius 3 is 2.71 bits per heavy atom. The molecule has 0 saturated heterocycles. The fourth-order valence-corrected chi connectivity index (χ4v) is 5.36. The molecule has 2 aromatic carbocycles. The third-order valence-corrected chi connectivity index (χ3v) is 7.07. The first-order valence-corrected chi connectivity index (χ1v) is 12.8. The van der Waals surface area contributed by atoms with Gasteiger partial charge in [0.25, 0.3) is 5.56 Å². The molecule has 3 aromatic rings. The van der Waals surface area contributed by atoms with Crippen LogP contribution in [0.25, 0.3) is 10.9 Å². The molecule has 0 aliphatic heterocycles. The summed E-state index contributed by atoms with van der Waals surface area (Å²) in [5.74, 6) is 0.662. The van der Waals surface area contributed by atoms with Crippen molar-refractivity contribution in [1.29, 1.82) is 0 Å². The molecule has 7 nitrogen and oxygen atoms in total. The number of halogens is 3. The molecule has 0 bridgehead atoms. The number of esters is 1. The second-order valence-corrected chi connectivity index (χ2v) is 10.2. The fraction of sp³-hybridized carbons (Fsp3) is 0.333. The normalized spacial score (nSPS) is 14.6. The highest BCUT2D eigenvalue weighted by molar-refractivity contribution is 9.10. The van der Waals surface area contributed by atoms with Gasteiger partial charge in [-0.2, -0.15) is 9.78 Å². The molecule has 1 saturated carbocycles. The SMILES string of the molecule is COC(=O)COc1c(Cl)cc(C=Nn2c(C3CCCCC3)nc3ccc(Br)cc3c2=O)cc1Br. The maximum absolute atomic E-state index is 13.4. The number of ether oxygens (including phenoxy) is 2. The zero-order valence-electron chi connectivity index (χ0n) is 18.4. The molecule has 1 fully saturated rings. The number of carbonyl (C=O) groups is 1. The Balaban J connectivity index is 1.73. The molecule has 0 amide bonds. The standard InChI is InChI=1S/C24H22Br2ClN3O4/c1-33-21(31)13-34-22-18(26)9-14(10-19(22)27)12-28-30-23(15-5-3-2-4-6-15)29-20-8-7-16(25)11-17(20)24(30)32/h7-12,15H,2-6,13H2,1H3. The lowest BCUT2D eigenvalue weighted by Crippen LogP contribution is -2.25. The molecule has 1 aliphatic carbocycles. The van der Waals surface area contributed by atoms with Crippen LogP contribution in [-0.2, 0) is 9.53 Å². The van der Waals surface area contributed by atoms with Gasteiger partial charge in [0.15, 0.2) is 12.4 Å². The van der Waals surface area contributed by atoms with E-state index in [0.29, 0.717) is 37.5 Å². The molecule has 0 atom stereocenters. The number of carbonyl (C=O) groups excluding carboxylic acids is 1. The van der Waals surface area contributed by atoms with Crippen molar-refractivity contribution in [3.63, 3.8) is 0 Å². The summed E-state index contributed by atoms with van der Waals surface area (Å²) in [5.41, 5.74) is 1.10. The van der Waals surface area contributed by atoms with Gasteiger partial charge in [0.05, 0.1) is 33.7 Å². The Morgan fingerprint density at radius 2 is 2.00 bits per heavy atom. The second kappa shape index (κ2) is 11.0. The molecule has 0 spiro atoms. The monoisotopic (exact) mass is 609 g/mol. The Labute approximate surface area is 218 Å². The summed E-state index contributed by atoms with van der Waals surface area (Å²) in [7, 11) is 1.28. The van der Waals surface area contributed by atoms with Crippen molar-refractivity contribution in [2.24, 2.45) is 5.10 Å². The smallest absolute Gasteiger partial charge is 0.343 e. The van der Waals surface area contributed by atoms with Gasteiger partial charge in [0, 0.05) is 10.4 Å². The number of benzene rings is 2. The average molecular weight is 612 g/mol. The Bertz CT molecular complexity index is 1300.